The van der Waals surface area contributed by atoms with Crippen LogP contribution in [0.1, 0.15) is 66.1 Å². The molecule has 0 bridgehead atoms. The SMILES string of the molecule is O=CCCOCCCCNc1cccc2c1C(=O)N(C(C(=O)Nc1nccs1)c1cc(F)ccc1OC1CCCCO1)C2. The van der Waals surface area contributed by atoms with Crippen LogP contribution in [0.5, 0.6) is 5.75 Å². The van der Waals surface area contributed by atoms with E-state index in [-0.39, 0.29) is 23.8 Å². The first kappa shape index (κ1) is 30.6. The number of unbranched alkanes of at least 4 members (excludes halogenated alkanes) is 1. The molecule has 2 aromatic carbocycles. The fourth-order valence-electron chi connectivity index (χ4n) is 5.22. The third-order valence-electron chi connectivity index (χ3n) is 7.26. The number of aromatic nitrogens is 1. The van der Waals surface area contributed by atoms with Gasteiger partial charge in [-0.25, -0.2) is 9.37 Å². The van der Waals surface area contributed by atoms with Crippen molar-refractivity contribution in [2.24, 2.45) is 0 Å². The summed E-state index contributed by atoms with van der Waals surface area (Å²) < 4.78 is 32.1. The number of nitrogens with one attached hydrogen (secondary N) is 2. The van der Waals surface area contributed by atoms with Gasteiger partial charge in [-0.3, -0.25) is 14.9 Å². The standard InChI is InChI=1S/C31H35FN4O6S/c32-22-10-11-25(42-26-9-1-3-17-41-26)23(19-22)28(29(38)35-31-34-13-18-43-31)36-20-21-7-5-8-24(27(21)30(36)39)33-12-2-4-15-40-16-6-14-37/h5,7-8,10-11,13-14,18-19,26,28,33H,1-4,6,9,12,15-17,20H2,(H,34,35,38). The summed E-state index contributed by atoms with van der Waals surface area (Å²) in [4.78, 5) is 43.9. The number of halogens is 1. The molecular weight excluding hydrogens is 575 g/mol. The van der Waals surface area contributed by atoms with Crippen LogP contribution in [0.2, 0.25) is 0 Å². The van der Waals surface area contributed by atoms with Gasteiger partial charge in [-0.1, -0.05) is 12.1 Å². The Morgan fingerprint density at radius 2 is 2.14 bits per heavy atom. The summed E-state index contributed by atoms with van der Waals surface area (Å²) in [5.41, 5.74) is 2.13. The number of ether oxygens (including phenoxy) is 3. The number of thiazole rings is 1. The predicted molar refractivity (Wildman–Crippen MR) is 160 cm³/mol. The zero-order valence-electron chi connectivity index (χ0n) is 23.8. The predicted octanol–water partition coefficient (Wildman–Crippen LogP) is 5.32. The van der Waals surface area contributed by atoms with Crippen LogP contribution < -0.4 is 15.4 Å². The van der Waals surface area contributed by atoms with Crippen LogP contribution in [0, 0.1) is 5.82 Å². The average Bonchev–Trinajstić information content (AvgIpc) is 3.64. The Morgan fingerprint density at radius 1 is 1.23 bits per heavy atom. The van der Waals surface area contributed by atoms with Crippen LogP contribution >= 0.6 is 11.3 Å². The molecule has 10 nitrogen and oxygen atoms in total. The van der Waals surface area contributed by atoms with Crippen molar-refractivity contribution >= 4 is 40.3 Å². The smallest absolute Gasteiger partial charge is 0.257 e. The van der Waals surface area contributed by atoms with Gasteiger partial charge in [-0.05, 0) is 55.5 Å². The number of anilines is 2. The molecule has 0 spiro atoms. The molecule has 1 fully saturated rings. The van der Waals surface area contributed by atoms with Gasteiger partial charge in [0.15, 0.2) is 11.4 Å². The maximum atomic E-state index is 14.8. The van der Waals surface area contributed by atoms with Gasteiger partial charge in [-0.15, -0.1) is 11.3 Å². The highest BCUT2D eigenvalue weighted by Gasteiger charge is 2.40. The number of carbonyl (C=O) groups excluding carboxylic acids is 3. The lowest BCUT2D eigenvalue weighted by Crippen LogP contribution is -2.38. The molecule has 2 amide bonds. The van der Waals surface area contributed by atoms with Gasteiger partial charge in [-0.2, -0.15) is 0 Å². The van der Waals surface area contributed by atoms with Gasteiger partial charge in [0, 0.05) is 55.4 Å². The third-order valence-corrected chi connectivity index (χ3v) is 7.95. The second-order valence-corrected chi connectivity index (χ2v) is 11.2. The van der Waals surface area contributed by atoms with Gasteiger partial charge >= 0.3 is 0 Å². The maximum absolute atomic E-state index is 14.8. The van der Waals surface area contributed by atoms with Gasteiger partial charge < -0.3 is 29.2 Å². The molecule has 2 unspecified atom stereocenters. The Bertz CT molecular complexity index is 1400. The minimum absolute atomic E-state index is 0.153. The molecule has 0 radical (unpaired) electrons. The second-order valence-electron chi connectivity index (χ2n) is 10.3. The normalized spacial score (nSPS) is 16.9. The largest absolute Gasteiger partial charge is 0.465 e. The average molecular weight is 611 g/mol. The topological polar surface area (TPSA) is 119 Å². The second kappa shape index (κ2) is 15.0. The summed E-state index contributed by atoms with van der Waals surface area (Å²) in [5, 5.41) is 8.24. The van der Waals surface area contributed by atoms with E-state index in [1.807, 2.05) is 18.2 Å². The minimum atomic E-state index is -1.20. The summed E-state index contributed by atoms with van der Waals surface area (Å²) in [6.07, 6.45) is 6.38. The zero-order chi connectivity index (χ0) is 30.0. The Hall–Kier alpha value is -3.87. The lowest BCUT2D eigenvalue weighted by molar-refractivity contribution is -0.121. The molecule has 228 valence electrons. The lowest BCUT2D eigenvalue weighted by atomic mass is 10.0. The Morgan fingerprint density at radius 3 is 2.93 bits per heavy atom. The summed E-state index contributed by atoms with van der Waals surface area (Å²) in [6, 6.07) is 8.35. The number of fused-ring (bicyclic) bond motifs is 1. The van der Waals surface area contributed by atoms with Crippen LogP contribution in [0.3, 0.4) is 0 Å². The molecule has 3 heterocycles. The monoisotopic (exact) mass is 610 g/mol. The first-order chi connectivity index (χ1) is 21.0. The molecule has 2 N–H and O–H groups in total. The fourth-order valence-corrected chi connectivity index (χ4v) is 5.75. The first-order valence-corrected chi connectivity index (χ1v) is 15.4. The first-order valence-electron chi connectivity index (χ1n) is 14.5. The van der Waals surface area contributed by atoms with Crippen molar-refractivity contribution in [2.45, 2.75) is 57.4 Å². The molecule has 2 aliphatic heterocycles. The summed E-state index contributed by atoms with van der Waals surface area (Å²) in [5.74, 6) is -1.15. The van der Waals surface area contributed by atoms with Crippen molar-refractivity contribution in [1.82, 2.24) is 9.88 Å². The fraction of sp³-hybridized carbons (Fsp3) is 0.419. The van der Waals surface area contributed by atoms with E-state index in [1.165, 1.54) is 34.4 Å². The Labute approximate surface area is 253 Å². The van der Waals surface area contributed by atoms with Crippen LogP contribution in [0.15, 0.2) is 48.0 Å². The number of aldehydes is 1. The molecule has 3 aromatic rings. The molecule has 2 aliphatic rings. The number of carbonyl (C=O) groups is 3. The summed E-state index contributed by atoms with van der Waals surface area (Å²) >= 11 is 1.24. The van der Waals surface area contributed by atoms with Crippen LogP contribution in [0.4, 0.5) is 15.2 Å². The molecule has 1 saturated heterocycles. The molecular formula is C31H35FN4O6S. The van der Waals surface area contributed by atoms with Gasteiger partial charge in [0.25, 0.3) is 11.8 Å². The lowest BCUT2D eigenvalue weighted by Gasteiger charge is -2.30. The van der Waals surface area contributed by atoms with Gasteiger partial charge in [0.05, 0.1) is 18.8 Å². The van der Waals surface area contributed by atoms with Crippen LogP contribution in [-0.4, -0.2) is 60.6 Å². The van der Waals surface area contributed by atoms with E-state index in [0.717, 1.165) is 37.5 Å². The van der Waals surface area contributed by atoms with Crippen molar-refractivity contribution in [3.8, 4) is 5.75 Å². The highest BCUT2D eigenvalue weighted by molar-refractivity contribution is 7.13. The molecule has 1 aromatic heterocycles. The maximum Gasteiger partial charge on any atom is 0.257 e. The van der Waals surface area contributed by atoms with E-state index in [4.69, 9.17) is 14.2 Å². The number of benzene rings is 2. The minimum Gasteiger partial charge on any atom is -0.465 e. The molecule has 12 heteroatoms. The van der Waals surface area contributed by atoms with Crippen LogP contribution in [0.25, 0.3) is 0 Å². The summed E-state index contributed by atoms with van der Waals surface area (Å²) in [7, 11) is 0. The molecule has 0 aliphatic carbocycles. The van der Waals surface area contributed by atoms with Crippen molar-refractivity contribution in [2.75, 3.05) is 37.0 Å². The number of hydrogen-bond acceptors (Lipinski definition) is 9. The number of amides is 2. The van der Waals surface area contributed by atoms with Crippen molar-refractivity contribution < 1.29 is 33.0 Å². The summed E-state index contributed by atoms with van der Waals surface area (Å²) in [6.45, 7) is 2.28. The van der Waals surface area contributed by atoms with E-state index >= 15 is 0 Å². The van der Waals surface area contributed by atoms with Crippen molar-refractivity contribution in [1.29, 1.82) is 0 Å². The highest BCUT2D eigenvalue weighted by atomic mass is 32.1. The van der Waals surface area contributed by atoms with E-state index < -0.39 is 24.1 Å². The van der Waals surface area contributed by atoms with E-state index in [0.29, 0.717) is 55.6 Å². The van der Waals surface area contributed by atoms with E-state index in [1.54, 1.807) is 11.6 Å². The van der Waals surface area contributed by atoms with Crippen molar-refractivity contribution in [3.63, 3.8) is 0 Å². The molecule has 0 saturated carbocycles. The molecule has 5 rings (SSSR count). The zero-order valence-corrected chi connectivity index (χ0v) is 24.6. The number of rotatable bonds is 15. The number of hydrogen-bond donors (Lipinski definition) is 2. The van der Waals surface area contributed by atoms with Crippen molar-refractivity contribution in [3.05, 3.63) is 70.5 Å². The number of nitrogens with zero attached hydrogens (tertiary/aromatic N) is 2. The Kier molecular flexibility index (Phi) is 10.7. The van der Waals surface area contributed by atoms with E-state index in [9.17, 15) is 18.8 Å². The Balaban J connectivity index is 1.38. The quantitative estimate of drug-likeness (QED) is 0.175. The van der Waals surface area contributed by atoms with Gasteiger partial charge in [0.2, 0.25) is 0 Å². The molecule has 2 atom stereocenters. The van der Waals surface area contributed by atoms with Crippen LogP contribution in [-0.2, 0) is 25.6 Å². The molecule has 43 heavy (non-hydrogen) atoms. The van der Waals surface area contributed by atoms with E-state index in [2.05, 4.69) is 15.6 Å². The third kappa shape index (κ3) is 7.75. The van der Waals surface area contributed by atoms with Gasteiger partial charge in [0.1, 0.15) is 23.9 Å². The highest BCUT2D eigenvalue weighted by Crippen LogP contribution is 2.39.